The van der Waals surface area contributed by atoms with Crippen LogP contribution in [0, 0.1) is 11.3 Å². The number of aliphatic hydroxyl groups excluding tert-OH is 1. The fraction of sp³-hybridized carbons (Fsp3) is 0.727. The highest BCUT2D eigenvalue weighted by molar-refractivity contribution is 6.49. The molecule has 0 aromatic carbocycles. The van der Waals surface area contributed by atoms with Crippen LogP contribution in [0.5, 0.6) is 0 Å². The molecule has 86 valence electrons. The molecule has 0 amide bonds. The quantitative estimate of drug-likeness (QED) is 0.738. The second kappa shape index (κ2) is 4.00. The van der Waals surface area contributed by atoms with Crippen LogP contribution in [0.2, 0.25) is 13.1 Å². The van der Waals surface area contributed by atoms with Gasteiger partial charge in [-0.2, -0.15) is 0 Å². The summed E-state index contributed by atoms with van der Waals surface area (Å²) in [7, 11) is -1.32. The Kier molecular flexibility index (Phi) is 3.28. The first-order chi connectivity index (χ1) is 6.73. The first kappa shape index (κ1) is 12.3. The lowest BCUT2D eigenvalue weighted by atomic mass is 9.79. The summed E-state index contributed by atoms with van der Waals surface area (Å²) in [6.07, 6.45) is 0.381. The third kappa shape index (κ3) is 2.62. The maximum absolute atomic E-state index is 11.7. The van der Waals surface area contributed by atoms with Crippen molar-refractivity contribution in [3.63, 3.8) is 0 Å². The summed E-state index contributed by atoms with van der Waals surface area (Å²) in [5, 5.41) is 9.96. The number of ketones is 1. The van der Waals surface area contributed by atoms with Crippen molar-refractivity contribution in [3.05, 3.63) is 11.5 Å². The molecule has 1 rings (SSSR count). The van der Waals surface area contributed by atoms with Crippen molar-refractivity contribution in [1.82, 2.24) is 0 Å². The minimum Gasteiger partial charge on any atom is -0.542 e. The van der Waals surface area contributed by atoms with Crippen molar-refractivity contribution in [2.75, 3.05) is 0 Å². The summed E-state index contributed by atoms with van der Waals surface area (Å²) in [6.45, 7) is 10.0. The van der Waals surface area contributed by atoms with Gasteiger partial charge in [0.2, 0.25) is 9.04 Å². The number of Topliss-reactive ketones (excluding diaryl/α,β-unsaturated/α-hetero) is 1. The van der Waals surface area contributed by atoms with Crippen LogP contribution in [0.15, 0.2) is 11.5 Å². The van der Waals surface area contributed by atoms with Crippen LogP contribution in [-0.4, -0.2) is 19.9 Å². The summed E-state index contributed by atoms with van der Waals surface area (Å²) < 4.78 is 5.48. The van der Waals surface area contributed by atoms with E-state index in [-0.39, 0.29) is 28.6 Å². The molecule has 0 heterocycles. The van der Waals surface area contributed by atoms with E-state index < -0.39 is 9.04 Å². The molecular formula is C11H20O3Si. The highest BCUT2D eigenvalue weighted by Gasteiger charge is 2.40. The van der Waals surface area contributed by atoms with Crippen LogP contribution < -0.4 is 0 Å². The second-order valence-electron chi connectivity index (χ2n) is 5.43. The third-order valence-electron chi connectivity index (χ3n) is 2.60. The minimum absolute atomic E-state index is 0.0476. The van der Waals surface area contributed by atoms with E-state index in [0.717, 1.165) is 0 Å². The predicted octanol–water partition coefficient (Wildman–Crippen LogP) is 2.39. The van der Waals surface area contributed by atoms with E-state index in [0.29, 0.717) is 6.42 Å². The molecule has 3 nitrogen and oxygen atoms in total. The van der Waals surface area contributed by atoms with Crippen LogP contribution in [0.3, 0.4) is 0 Å². The maximum atomic E-state index is 11.7. The number of carbonyl (C=O) groups excluding carboxylic acids is 1. The van der Waals surface area contributed by atoms with Gasteiger partial charge in [-0.1, -0.05) is 20.8 Å². The van der Waals surface area contributed by atoms with Gasteiger partial charge >= 0.3 is 0 Å². The van der Waals surface area contributed by atoms with Gasteiger partial charge in [-0.15, -0.1) is 0 Å². The molecule has 0 saturated heterocycles. The molecule has 0 aromatic rings. The third-order valence-corrected chi connectivity index (χ3v) is 3.31. The lowest BCUT2D eigenvalue weighted by Crippen LogP contribution is -2.20. The van der Waals surface area contributed by atoms with E-state index in [2.05, 4.69) is 0 Å². The summed E-state index contributed by atoms with van der Waals surface area (Å²) in [5.41, 5.74) is -0.0939. The van der Waals surface area contributed by atoms with E-state index in [9.17, 15) is 9.90 Å². The molecule has 4 heteroatoms. The number of rotatable bonds is 2. The molecule has 1 aliphatic rings. The molecule has 0 radical (unpaired) electrons. The van der Waals surface area contributed by atoms with Crippen LogP contribution in [0.25, 0.3) is 0 Å². The topological polar surface area (TPSA) is 46.5 Å². The molecule has 0 aliphatic heterocycles. The number of aliphatic hydroxyl groups is 1. The first-order valence-corrected chi connectivity index (χ1v) is 8.14. The normalized spacial score (nSPS) is 22.8. The van der Waals surface area contributed by atoms with Crippen molar-refractivity contribution in [3.8, 4) is 0 Å². The standard InChI is InChI=1S/C11H20O3Si/c1-11(2,3)7-6-8(12)10(9(7)13)14-15(4)5/h7,13,15H,6H2,1-5H3. The average Bonchev–Trinajstić information content (AvgIpc) is 2.30. The zero-order valence-electron chi connectivity index (χ0n) is 10.1. The molecule has 0 bridgehead atoms. The Morgan fingerprint density at radius 1 is 1.40 bits per heavy atom. The van der Waals surface area contributed by atoms with Gasteiger partial charge in [0.1, 0.15) is 5.76 Å². The van der Waals surface area contributed by atoms with Crippen LogP contribution in [0.1, 0.15) is 27.2 Å². The molecule has 15 heavy (non-hydrogen) atoms. The summed E-state index contributed by atoms with van der Waals surface area (Å²) >= 11 is 0. The molecular weight excluding hydrogens is 208 g/mol. The number of allylic oxidation sites excluding steroid dienone is 2. The Balaban J connectivity index is 2.94. The Morgan fingerprint density at radius 3 is 2.27 bits per heavy atom. The lowest BCUT2D eigenvalue weighted by Gasteiger charge is -2.25. The van der Waals surface area contributed by atoms with Gasteiger partial charge < -0.3 is 9.53 Å². The summed E-state index contributed by atoms with van der Waals surface area (Å²) in [5.74, 6) is 0.256. The van der Waals surface area contributed by atoms with Crippen molar-refractivity contribution >= 4 is 14.8 Å². The van der Waals surface area contributed by atoms with E-state index in [1.54, 1.807) is 0 Å². The molecule has 0 fully saturated rings. The minimum atomic E-state index is -1.32. The fourth-order valence-corrected chi connectivity index (χ4v) is 2.48. The van der Waals surface area contributed by atoms with Gasteiger partial charge in [0.25, 0.3) is 0 Å². The first-order valence-electron chi connectivity index (χ1n) is 5.36. The van der Waals surface area contributed by atoms with E-state index in [1.165, 1.54) is 0 Å². The predicted molar refractivity (Wildman–Crippen MR) is 62.2 cm³/mol. The fourth-order valence-electron chi connectivity index (χ4n) is 1.75. The molecule has 1 unspecified atom stereocenters. The van der Waals surface area contributed by atoms with Gasteiger partial charge in [0.05, 0.1) is 0 Å². The Labute approximate surface area is 92.9 Å². The zero-order chi connectivity index (χ0) is 11.8. The van der Waals surface area contributed by atoms with E-state index in [4.69, 9.17) is 4.43 Å². The molecule has 1 N–H and O–H groups in total. The summed E-state index contributed by atoms with van der Waals surface area (Å²) in [4.78, 5) is 11.7. The Hall–Kier alpha value is -0.773. The highest BCUT2D eigenvalue weighted by atomic mass is 28.3. The van der Waals surface area contributed by atoms with Gasteiger partial charge in [-0.25, -0.2) is 0 Å². The zero-order valence-corrected chi connectivity index (χ0v) is 11.3. The maximum Gasteiger partial charge on any atom is 0.229 e. The largest absolute Gasteiger partial charge is 0.542 e. The molecule has 0 saturated carbocycles. The number of carbonyl (C=O) groups is 1. The van der Waals surface area contributed by atoms with Gasteiger partial charge in [-0.05, 0) is 18.5 Å². The van der Waals surface area contributed by atoms with Crippen molar-refractivity contribution in [1.29, 1.82) is 0 Å². The molecule has 1 atom stereocenters. The monoisotopic (exact) mass is 228 g/mol. The Bertz CT molecular complexity index is 299. The summed E-state index contributed by atoms with van der Waals surface area (Å²) in [6, 6.07) is 0. The van der Waals surface area contributed by atoms with Gasteiger partial charge in [-0.3, -0.25) is 4.79 Å². The Morgan fingerprint density at radius 2 is 1.93 bits per heavy atom. The van der Waals surface area contributed by atoms with Gasteiger partial charge in [0.15, 0.2) is 11.5 Å². The molecule has 1 aliphatic carbocycles. The lowest BCUT2D eigenvalue weighted by molar-refractivity contribution is -0.117. The van der Waals surface area contributed by atoms with E-state index >= 15 is 0 Å². The van der Waals surface area contributed by atoms with Crippen LogP contribution in [0.4, 0.5) is 0 Å². The van der Waals surface area contributed by atoms with Gasteiger partial charge in [0, 0.05) is 12.3 Å². The molecule has 0 spiro atoms. The smallest absolute Gasteiger partial charge is 0.229 e. The average molecular weight is 228 g/mol. The number of hydrogen-bond donors (Lipinski definition) is 1. The number of hydrogen-bond acceptors (Lipinski definition) is 3. The van der Waals surface area contributed by atoms with Crippen LogP contribution in [-0.2, 0) is 9.22 Å². The second-order valence-corrected chi connectivity index (χ2v) is 7.76. The van der Waals surface area contributed by atoms with E-state index in [1.807, 2.05) is 33.9 Å². The van der Waals surface area contributed by atoms with Crippen LogP contribution >= 0.6 is 0 Å². The van der Waals surface area contributed by atoms with Crippen molar-refractivity contribution in [2.45, 2.75) is 40.3 Å². The van der Waals surface area contributed by atoms with Crippen molar-refractivity contribution < 1.29 is 14.3 Å². The SMILES string of the molecule is C[SiH](C)OC1=C(O)C(C(C)(C)C)CC1=O. The van der Waals surface area contributed by atoms with Crippen molar-refractivity contribution in [2.24, 2.45) is 11.3 Å². The highest BCUT2D eigenvalue weighted by Crippen LogP contribution is 2.40. The molecule has 0 aromatic heterocycles.